The van der Waals surface area contributed by atoms with Crippen molar-refractivity contribution in [3.63, 3.8) is 0 Å². The molecule has 0 bridgehead atoms. The summed E-state index contributed by atoms with van der Waals surface area (Å²) in [5.74, 6) is -0.876. The van der Waals surface area contributed by atoms with Crippen LogP contribution in [0.25, 0.3) is 0 Å². The molecule has 0 saturated carbocycles. The van der Waals surface area contributed by atoms with E-state index in [2.05, 4.69) is 93.7 Å². The van der Waals surface area contributed by atoms with Gasteiger partial charge in [-0.05, 0) is 109 Å². The molecule has 83 heavy (non-hydrogen) atoms. The first-order valence-electron chi connectivity index (χ1n) is 36.4. The molecule has 0 amide bonds. The van der Waals surface area contributed by atoms with Crippen LogP contribution in [0.3, 0.4) is 0 Å². The number of hydrogen-bond acceptors (Lipinski definition) is 6. The van der Waals surface area contributed by atoms with Crippen molar-refractivity contribution in [2.24, 2.45) is 0 Å². The van der Waals surface area contributed by atoms with Crippen LogP contribution in [0.5, 0.6) is 0 Å². The van der Waals surface area contributed by atoms with Crippen molar-refractivity contribution in [2.75, 3.05) is 13.2 Å². The van der Waals surface area contributed by atoms with Crippen LogP contribution in [0.2, 0.25) is 0 Å². The largest absolute Gasteiger partial charge is 0.462 e. The predicted molar refractivity (Wildman–Crippen MR) is 362 cm³/mol. The summed E-state index contributed by atoms with van der Waals surface area (Å²) in [7, 11) is 0. The molecule has 1 atom stereocenters. The van der Waals surface area contributed by atoms with E-state index in [4.69, 9.17) is 14.2 Å². The van der Waals surface area contributed by atoms with Gasteiger partial charge in [-0.25, -0.2) is 0 Å². The van der Waals surface area contributed by atoms with E-state index in [0.29, 0.717) is 19.3 Å². The molecule has 482 valence electrons. The lowest BCUT2D eigenvalue weighted by atomic mass is 10.0. The van der Waals surface area contributed by atoms with Crippen molar-refractivity contribution in [1.29, 1.82) is 0 Å². The Labute approximate surface area is 516 Å². The molecule has 0 heterocycles. The average Bonchev–Trinajstić information content (AvgIpc) is 3.48. The number of carbonyl (C=O) groups excluding carboxylic acids is 3. The molecular formula is C77H138O6. The zero-order valence-corrected chi connectivity index (χ0v) is 55.5. The van der Waals surface area contributed by atoms with Crippen LogP contribution in [0.15, 0.2) is 72.9 Å². The molecule has 6 nitrogen and oxygen atoms in total. The first kappa shape index (κ1) is 79.8. The van der Waals surface area contributed by atoms with Gasteiger partial charge in [0, 0.05) is 19.3 Å². The Morgan fingerprint density at radius 3 is 0.723 bits per heavy atom. The summed E-state index contributed by atoms with van der Waals surface area (Å²) in [6.45, 7) is 6.62. The second kappa shape index (κ2) is 71.3. The fourth-order valence-electron chi connectivity index (χ4n) is 10.6. The lowest BCUT2D eigenvalue weighted by Gasteiger charge is -2.18. The lowest BCUT2D eigenvalue weighted by molar-refractivity contribution is -0.167. The smallest absolute Gasteiger partial charge is 0.306 e. The highest BCUT2D eigenvalue weighted by Crippen LogP contribution is 2.18. The molecule has 0 aliphatic rings. The maximum Gasteiger partial charge on any atom is 0.306 e. The van der Waals surface area contributed by atoms with Crippen LogP contribution >= 0.6 is 0 Å². The zero-order chi connectivity index (χ0) is 59.9. The van der Waals surface area contributed by atoms with E-state index in [9.17, 15) is 14.4 Å². The summed E-state index contributed by atoms with van der Waals surface area (Å²) in [6.07, 6.45) is 93.8. The van der Waals surface area contributed by atoms with Crippen molar-refractivity contribution in [3.05, 3.63) is 72.9 Å². The van der Waals surface area contributed by atoms with Gasteiger partial charge in [-0.15, -0.1) is 0 Å². The summed E-state index contributed by atoms with van der Waals surface area (Å²) in [4.78, 5) is 38.4. The van der Waals surface area contributed by atoms with Crippen molar-refractivity contribution in [2.45, 2.75) is 386 Å². The van der Waals surface area contributed by atoms with Crippen molar-refractivity contribution in [3.8, 4) is 0 Å². The van der Waals surface area contributed by atoms with Crippen molar-refractivity contribution in [1.82, 2.24) is 0 Å². The van der Waals surface area contributed by atoms with Gasteiger partial charge in [0.15, 0.2) is 6.10 Å². The molecule has 0 aromatic heterocycles. The SMILES string of the molecule is CCCC/C=C\CCCCCCCC(=O)OCC(COC(=O)CCCCCCCCCCCCCCCCCCCCC/C=C\C/C=C\CCCCCCC)OC(=O)CCCCCCCCCC/C=C\C/C=C\C/C=C\CCCCCCC. The topological polar surface area (TPSA) is 78.9 Å². The molecular weight excluding hydrogens is 1020 g/mol. The maximum atomic E-state index is 12.9. The normalized spacial score (nSPS) is 12.5. The molecule has 0 rings (SSSR count). The highest BCUT2D eigenvalue weighted by Gasteiger charge is 2.19. The van der Waals surface area contributed by atoms with Gasteiger partial charge < -0.3 is 14.2 Å². The van der Waals surface area contributed by atoms with E-state index >= 15 is 0 Å². The Hall–Kier alpha value is -3.15. The monoisotopic (exact) mass is 1160 g/mol. The van der Waals surface area contributed by atoms with Gasteiger partial charge in [-0.3, -0.25) is 14.4 Å². The van der Waals surface area contributed by atoms with Crippen LogP contribution in [0.1, 0.15) is 380 Å². The highest BCUT2D eigenvalue weighted by molar-refractivity contribution is 5.71. The Kier molecular flexibility index (Phi) is 68.6. The molecule has 0 N–H and O–H groups in total. The third-order valence-corrected chi connectivity index (χ3v) is 16.2. The summed E-state index contributed by atoms with van der Waals surface area (Å²) >= 11 is 0. The number of carbonyl (C=O) groups is 3. The van der Waals surface area contributed by atoms with E-state index in [-0.39, 0.29) is 31.1 Å². The Balaban J connectivity index is 4.17. The maximum absolute atomic E-state index is 12.9. The summed E-state index contributed by atoms with van der Waals surface area (Å²) in [5.41, 5.74) is 0. The zero-order valence-electron chi connectivity index (χ0n) is 55.5. The van der Waals surface area contributed by atoms with Gasteiger partial charge in [0.1, 0.15) is 13.2 Å². The van der Waals surface area contributed by atoms with E-state index in [0.717, 1.165) is 89.9 Å². The first-order chi connectivity index (χ1) is 41.0. The predicted octanol–water partition coefficient (Wildman–Crippen LogP) is 25.2. The van der Waals surface area contributed by atoms with E-state index in [1.165, 1.54) is 250 Å². The molecule has 0 aliphatic carbocycles. The molecule has 0 radical (unpaired) electrons. The summed E-state index contributed by atoms with van der Waals surface area (Å²) in [6, 6.07) is 0. The second-order valence-corrected chi connectivity index (χ2v) is 24.5. The minimum atomic E-state index is -0.783. The number of rotatable bonds is 67. The van der Waals surface area contributed by atoms with E-state index in [1.807, 2.05) is 0 Å². The third kappa shape index (κ3) is 69.5. The van der Waals surface area contributed by atoms with Crippen molar-refractivity contribution >= 4 is 17.9 Å². The van der Waals surface area contributed by atoms with Gasteiger partial charge in [0.25, 0.3) is 0 Å². The molecule has 6 heteroatoms. The lowest BCUT2D eigenvalue weighted by Crippen LogP contribution is -2.30. The van der Waals surface area contributed by atoms with Gasteiger partial charge >= 0.3 is 17.9 Å². The molecule has 0 aromatic rings. The Bertz CT molecular complexity index is 1520. The number of esters is 3. The van der Waals surface area contributed by atoms with Gasteiger partial charge in [0.05, 0.1) is 0 Å². The fraction of sp³-hybridized carbons (Fsp3) is 0.805. The molecule has 1 unspecified atom stereocenters. The van der Waals surface area contributed by atoms with Gasteiger partial charge in [-0.1, -0.05) is 325 Å². The molecule has 0 spiro atoms. The first-order valence-corrected chi connectivity index (χ1v) is 36.4. The van der Waals surface area contributed by atoms with Crippen LogP contribution in [0.4, 0.5) is 0 Å². The van der Waals surface area contributed by atoms with Gasteiger partial charge in [0.2, 0.25) is 0 Å². The average molecular weight is 1160 g/mol. The number of hydrogen-bond donors (Lipinski definition) is 0. The number of allylic oxidation sites excluding steroid dienone is 12. The second-order valence-electron chi connectivity index (χ2n) is 24.5. The van der Waals surface area contributed by atoms with Crippen LogP contribution in [0, 0.1) is 0 Å². The summed E-state index contributed by atoms with van der Waals surface area (Å²) in [5, 5.41) is 0. The molecule has 0 aromatic carbocycles. The molecule has 0 saturated heterocycles. The van der Waals surface area contributed by atoms with Crippen LogP contribution in [-0.4, -0.2) is 37.2 Å². The van der Waals surface area contributed by atoms with Crippen LogP contribution in [-0.2, 0) is 28.6 Å². The Morgan fingerprint density at radius 1 is 0.241 bits per heavy atom. The minimum absolute atomic E-state index is 0.0778. The van der Waals surface area contributed by atoms with Crippen molar-refractivity contribution < 1.29 is 28.6 Å². The molecule has 0 aliphatic heterocycles. The quantitative estimate of drug-likeness (QED) is 0.0261. The fourth-order valence-corrected chi connectivity index (χ4v) is 10.6. The third-order valence-electron chi connectivity index (χ3n) is 16.2. The van der Waals surface area contributed by atoms with E-state index in [1.54, 1.807) is 0 Å². The highest BCUT2D eigenvalue weighted by atomic mass is 16.6. The van der Waals surface area contributed by atoms with E-state index < -0.39 is 6.10 Å². The standard InChI is InChI=1S/C77H138O6/c1-4-7-10-13-16-19-22-24-26-28-30-32-34-35-36-37-38-39-40-41-43-44-46-48-50-52-55-58-61-64-67-70-76(79)82-73-74(72-81-75(78)69-66-63-60-57-54-21-18-15-12-9-6-3)83-77(80)71-68-65-62-59-56-53-51-49-47-45-42-33-31-29-27-25-23-20-17-14-11-8-5-2/h15,18,22-25,28-31,42,45,74H,4-14,16-17,19-21,26-27,32-41,43-44,46-73H2,1-3H3/b18-15-,24-22-,25-23-,30-28-,31-29-,45-42-. The Morgan fingerprint density at radius 2 is 0.446 bits per heavy atom. The van der Waals surface area contributed by atoms with Gasteiger partial charge in [-0.2, -0.15) is 0 Å². The minimum Gasteiger partial charge on any atom is -0.462 e. The number of unbranched alkanes of at least 4 members (excludes halogenated alkanes) is 44. The molecule has 0 fully saturated rings. The van der Waals surface area contributed by atoms with Crippen LogP contribution < -0.4 is 0 Å². The summed E-state index contributed by atoms with van der Waals surface area (Å²) < 4.78 is 17.0. The number of ether oxygens (including phenoxy) is 3.